The monoisotopic (exact) mass is 549 g/mol. The number of nitrogens with zero attached hydrogens (tertiary/aromatic N) is 4. The summed E-state index contributed by atoms with van der Waals surface area (Å²) in [6, 6.07) is 25.3. The normalized spacial score (nSPS) is 11.0. The Labute approximate surface area is 216 Å². The molecule has 0 saturated carbocycles. The van der Waals surface area contributed by atoms with Crippen molar-refractivity contribution in [1.29, 1.82) is 0 Å². The first-order valence-electron chi connectivity index (χ1n) is 11.1. The van der Waals surface area contributed by atoms with Gasteiger partial charge in [-0.1, -0.05) is 64.9 Å². The molecule has 0 unspecified atom stereocenters. The van der Waals surface area contributed by atoms with Crippen LogP contribution in [0.1, 0.15) is 18.9 Å². The lowest BCUT2D eigenvalue weighted by molar-refractivity contribution is -0.118. The van der Waals surface area contributed by atoms with Crippen LogP contribution in [-0.4, -0.2) is 39.2 Å². The molecule has 4 aromatic rings. The Bertz CT molecular complexity index is 1280. The lowest BCUT2D eigenvalue weighted by Crippen LogP contribution is -2.20. The summed E-state index contributed by atoms with van der Waals surface area (Å²) in [5.41, 5.74) is 5.28. The van der Waals surface area contributed by atoms with E-state index in [0.717, 1.165) is 33.5 Å². The molecule has 9 heteroatoms. The lowest BCUT2D eigenvalue weighted by atomic mass is 10.2. The second-order valence-electron chi connectivity index (χ2n) is 7.48. The number of hydrogen-bond donors (Lipinski definition) is 1. The molecule has 0 saturated heterocycles. The van der Waals surface area contributed by atoms with Crippen LogP contribution in [-0.2, 0) is 4.79 Å². The van der Waals surface area contributed by atoms with Crippen molar-refractivity contribution in [3.8, 4) is 22.8 Å². The molecule has 0 radical (unpaired) electrons. The SMILES string of the molecule is CCCOc1ccc(C=NNC(=O)CSc2nnc(-c3ccccc3)n2-c2ccc(Br)cc2)cc1. The number of hydrogen-bond acceptors (Lipinski definition) is 6. The number of aromatic nitrogens is 3. The lowest BCUT2D eigenvalue weighted by Gasteiger charge is -2.10. The summed E-state index contributed by atoms with van der Waals surface area (Å²) in [4.78, 5) is 12.4. The molecule has 4 rings (SSSR count). The predicted octanol–water partition coefficient (Wildman–Crippen LogP) is 5.73. The number of nitrogens with one attached hydrogen (secondary N) is 1. The Hall–Kier alpha value is -3.43. The van der Waals surface area contributed by atoms with Gasteiger partial charge in [0.1, 0.15) is 5.75 Å². The van der Waals surface area contributed by atoms with Gasteiger partial charge in [-0.3, -0.25) is 9.36 Å². The van der Waals surface area contributed by atoms with Gasteiger partial charge in [0.2, 0.25) is 0 Å². The molecule has 1 amide bonds. The predicted molar refractivity (Wildman–Crippen MR) is 143 cm³/mol. The fourth-order valence-electron chi connectivity index (χ4n) is 3.17. The fraction of sp³-hybridized carbons (Fsp3) is 0.154. The van der Waals surface area contributed by atoms with E-state index < -0.39 is 0 Å². The van der Waals surface area contributed by atoms with Crippen molar-refractivity contribution >= 4 is 39.8 Å². The minimum absolute atomic E-state index is 0.143. The van der Waals surface area contributed by atoms with Crippen LogP contribution in [0.5, 0.6) is 5.75 Å². The van der Waals surface area contributed by atoms with E-state index in [1.165, 1.54) is 11.8 Å². The Morgan fingerprint density at radius 3 is 2.51 bits per heavy atom. The van der Waals surface area contributed by atoms with Gasteiger partial charge in [0.25, 0.3) is 5.91 Å². The third-order valence-electron chi connectivity index (χ3n) is 4.84. The first-order valence-corrected chi connectivity index (χ1v) is 12.9. The zero-order valence-electron chi connectivity index (χ0n) is 19.1. The number of amides is 1. The number of carbonyl (C=O) groups is 1. The number of rotatable bonds is 10. The highest BCUT2D eigenvalue weighted by molar-refractivity contribution is 9.10. The molecule has 178 valence electrons. The van der Waals surface area contributed by atoms with Crippen molar-refractivity contribution in [3.63, 3.8) is 0 Å². The van der Waals surface area contributed by atoms with Crippen molar-refractivity contribution in [2.45, 2.75) is 18.5 Å². The molecule has 0 aliphatic heterocycles. The third-order valence-corrected chi connectivity index (χ3v) is 6.30. The first kappa shape index (κ1) is 24.7. The average molecular weight is 550 g/mol. The molecular weight excluding hydrogens is 526 g/mol. The van der Waals surface area contributed by atoms with E-state index in [1.807, 2.05) is 83.4 Å². The van der Waals surface area contributed by atoms with Crippen molar-refractivity contribution in [2.75, 3.05) is 12.4 Å². The zero-order chi connectivity index (χ0) is 24.5. The van der Waals surface area contributed by atoms with E-state index in [2.05, 4.69) is 43.6 Å². The summed E-state index contributed by atoms with van der Waals surface area (Å²) >= 11 is 4.78. The minimum Gasteiger partial charge on any atom is -0.494 e. The van der Waals surface area contributed by atoms with Crippen LogP contribution in [0.2, 0.25) is 0 Å². The molecule has 0 aliphatic carbocycles. The maximum absolute atomic E-state index is 12.4. The number of benzene rings is 3. The smallest absolute Gasteiger partial charge is 0.250 e. The fourth-order valence-corrected chi connectivity index (χ4v) is 4.18. The molecule has 0 fully saturated rings. The largest absolute Gasteiger partial charge is 0.494 e. The van der Waals surface area contributed by atoms with Crippen LogP contribution in [0, 0.1) is 0 Å². The quantitative estimate of drug-likeness (QED) is 0.155. The maximum atomic E-state index is 12.4. The molecule has 1 N–H and O–H groups in total. The number of ether oxygens (including phenoxy) is 1. The zero-order valence-corrected chi connectivity index (χ0v) is 21.5. The molecule has 0 bridgehead atoms. The van der Waals surface area contributed by atoms with E-state index >= 15 is 0 Å². The molecular formula is C26H24BrN5O2S. The van der Waals surface area contributed by atoms with E-state index in [-0.39, 0.29) is 11.7 Å². The summed E-state index contributed by atoms with van der Waals surface area (Å²) in [5.74, 6) is 1.43. The van der Waals surface area contributed by atoms with Crippen LogP contribution in [0.4, 0.5) is 0 Å². The van der Waals surface area contributed by atoms with Crippen LogP contribution >= 0.6 is 27.7 Å². The van der Waals surface area contributed by atoms with E-state index in [0.29, 0.717) is 17.6 Å². The van der Waals surface area contributed by atoms with Crippen molar-refractivity contribution < 1.29 is 9.53 Å². The number of carbonyl (C=O) groups excluding carboxylic acids is 1. The van der Waals surface area contributed by atoms with Crippen LogP contribution in [0.25, 0.3) is 17.1 Å². The van der Waals surface area contributed by atoms with E-state index in [1.54, 1.807) is 6.21 Å². The third kappa shape index (κ3) is 6.80. The van der Waals surface area contributed by atoms with Crippen LogP contribution in [0.15, 0.2) is 93.6 Å². The molecule has 0 spiro atoms. The molecule has 1 heterocycles. The molecule has 0 atom stereocenters. The van der Waals surface area contributed by atoms with Crippen molar-refractivity contribution in [3.05, 3.63) is 88.9 Å². The highest BCUT2D eigenvalue weighted by Crippen LogP contribution is 2.28. The maximum Gasteiger partial charge on any atom is 0.250 e. The standard InChI is InChI=1S/C26H24BrN5O2S/c1-2-16-34-23-14-8-19(9-15-23)17-28-29-24(33)18-35-26-31-30-25(20-6-4-3-5-7-20)32(26)22-12-10-21(27)11-13-22/h3-15,17H,2,16,18H2,1H3,(H,29,33). The Kier molecular flexibility index (Phi) is 8.69. The van der Waals surface area contributed by atoms with E-state index in [9.17, 15) is 4.79 Å². The topological polar surface area (TPSA) is 81.4 Å². The second-order valence-corrected chi connectivity index (χ2v) is 9.34. The van der Waals surface area contributed by atoms with Gasteiger partial charge in [-0.05, 0) is 60.5 Å². The van der Waals surface area contributed by atoms with Gasteiger partial charge in [-0.15, -0.1) is 10.2 Å². The van der Waals surface area contributed by atoms with Crippen molar-refractivity contribution in [2.24, 2.45) is 5.10 Å². The number of thioether (sulfide) groups is 1. The summed E-state index contributed by atoms with van der Waals surface area (Å²) in [7, 11) is 0. The Morgan fingerprint density at radius 1 is 1.06 bits per heavy atom. The molecule has 7 nitrogen and oxygen atoms in total. The molecule has 3 aromatic carbocycles. The van der Waals surface area contributed by atoms with Crippen molar-refractivity contribution in [1.82, 2.24) is 20.2 Å². The summed E-state index contributed by atoms with van der Waals surface area (Å²) in [6.07, 6.45) is 2.56. The van der Waals surface area contributed by atoms with Crippen LogP contribution < -0.4 is 10.2 Å². The van der Waals surface area contributed by atoms with Gasteiger partial charge >= 0.3 is 0 Å². The van der Waals surface area contributed by atoms with Gasteiger partial charge in [-0.2, -0.15) is 5.10 Å². The summed E-state index contributed by atoms with van der Waals surface area (Å²) in [5, 5.41) is 13.4. The minimum atomic E-state index is -0.235. The highest BCUT2D eigenvalue weighted by atomic mass is 79.9. The summed E-state index contributed by atoms with van der Waals surface area (Å²) < 4.78 is 8.50. The van der Waals surface area contributed by atoms with E-state index in [4.69, 9.17) is 4.74 Å². The van der Waals surface area contributed by atoms with Gasteiger partial charge < -0.3 is 4.74 Å². The molecule has 35 heavy (non-hydrogen) atoms. The second kappa shape index (κ2) is 12.3. The van der Waals surface area contributed by atoms with Gasteiger partial charge in [0.15, 0.2) is 11.0 Å². The number of hydrazone groups is 1. The molecule has 1 aromatic heterocycles. The Balaban J connectivity index is 1.42. The van der Waals surface area contributed by atoms with Gasteiger partial charge in [0, 0.05) is 15.7 Å². The van der Waals surface area contributed by atoms with Gasteiger partial charge in [0.05, 0.1) is 18.6 Å². The highest BCUT2D eigenvalue weighted by Gasteiger charge is 2.17. The Morgan fingerprint density at radius 2 is 1.80 bits per heavy atom. The summed E-state index contributed by atoms with van der Waals surface area (Å²) in [6.45, 7) is 2.75. The first-order chi connectivity index (χ1) is 17.1. The number of halogens is 1. The molecule has 0 aliphatic rings. The van der Waals surface area contributed by atoms with Gasteiger partial charge in [-0.25, -0.2) is 5.43 Å². The average Bonchev–Trinajstić information content (AvgIpc) is 3.32. The van der Waals surface area contributed by atoms with Crippen LogP contribution in [0.3, 0.4) is 0 Å².